The first-order valence-electron chi connectivity index (χ1n) is 6.68. The van der Waals surface area contributed by atoms with E-state index >= 15 is 0 Å². The summed E-state index contributed by atoms with van der Waals surface area (Å²) in [6.07, 6.45) is 1.90. The Bertz CT molecular complexity index is 637. The molecule has 110 valence electrons. The number of nitrogens with one attached hydrogen (secondary N) is 1. The molecule has 0 saturated heterocycles. The molecule has 0 spiro atoms. The smallest absolute Gasteiger partial charge is 0.320 e. The van der Waals surface area contributed by atoms with Crippen LogP contribution in [-0.2, 0) is 11.3 Å². The van der Waals surface area contributed by atoms with Crippen LogP contribution in [0.25, 0.3) is 11.5 Å². The second-order valence-corrected chi connectivity index (χ2v) is 5.49. The zero-order valence-corrected chi connectivity index (χ0v) is 11.9. The van der Waals surface area contributed by atoms with Crippen LogP contribution in [0.15, 0.2) is 28.8 Å². The van der Waals surface area contributed by atoms with Crippen molar-refractivity contribution in [2.75, 3.05) is 0 Å². The number of carboxylic acids is 1. The number of hydrogen-bond donors (Lipinski definition) is 2. The Morgan fingerprint density at radius 2 is 2.14 bits per heavy atom. The first-order valence-corrected chi connectivity index (χ1v) is 7.06. The first kappa shape index (κ1) is 14.0. The van der Waals surface area contributed by atoms with Gasteiger partial charge in [0.15, 0.2) is 5.82 Å². The molecular formula is C14H14ClN3O3. The summed E-state index contributed by atoms with van der Waals surface area (Å²) in [6.45, 7) is 0.268. The molecule has 1 aliphatic rings. The standard InChI is InChI=1S/C14H14ClN3O3/c15-10-5-3-9(4-6-10)13-17-11(18-21-13)7-16-12(14(19)20)8-1-2-8/h3-6,8,12,16H,1-2,7H2,(H,19,20). The molecule has 1 saturated carbocycles. The lowest BCUT2D eigenvalue weighted by Gasteiger charge is -2.11. The topological polar surface area (TPSA) is 88.2 Å². The van der Waals surface area contributed by atoms with E-state index in [1.165, 1.54) is 0 Å². The minimum absolute atomic E-state index is 0.213. The average Bonchev–Trinajstić information content (AvgIpc) is 3.18. The minimum atomic E-state index is -0.834. The SMILES string of the molecule is O=C(O)C(NCc1noc(-c2ccc(Cl)cc2)n1)C1CC1. The van der Waals surface area contributed by atoms with E-state index in [9.17, 15) is 4.79 Å². The van der Waals surface area contributed by atoms with Crippen LogP contribution in [0.1, 0.15) is 18.7 Å². The third kappa shape index (κ3) is 3.40. The molecular weight excluding hydrogens is 294 g/mol. The van der Waals surface area contributed by atoms with Gasteiger partial charge >= 0.3 is 5.97 Å². The Hall–Kier alpha value is -1.92. The molecule has 0 radical (unpaired) electrons. The molecule has 0 bridgehead atoms. The van der Waals surface area contributed by atoms with Crippen molar-refractivity contribution in [1.29, 1.82) is 0 Å². The minimum Gasteiger partial charge on any atom is -0.480 e. The average molecular weight is 308 g/mol. The maximum absolute atomic E-state index is 11.1. The number of rotatable bonds is 6. The molecule has 2 aromatic rings. The molecule has 0 amide bonds. The van der Waals surface area contributed by atoms with Gasteiger partial charge in [0.1, 0.15) is 6.04 Å². The molecule has 3 rings (SSSR count). The van der Waals surface area contributed by atoms with Gasteiger partial charge < -0.3 is 9.63 Å². The van der Waals surface area contributed by atoms with E-state index in [1.54, 1.807) is 24.3 Å². The third-order valence-corrected chi connectivity index (χ3v) is 3.65. The largest absolute Gasteiger partial charge is 0.480 e. The van der Waals surface area contributed by atoms with E-state index in [0.29, 0.717) is 16.7 Å². The lowest BCUT2D eigenvalue weighted by atomic mass is 10.2. The van der Waals surface area contributed by atoms with Crippen molar-refractivity contribution in [2.24, 2.45) is 5.92 Å². The summed E-state index contributed by atoms with van der Waals surface area (Å²) >= 11 is 5.82. The quantitative estimate of drug-likeness (QED) is 0.851. The number of benzene rings is 1. The van der Waals surface area contributed by atoms with E-state index in [4.69, 9.17) is 21.2 Å². The highest BCUT2D eigenvalue weighted by atomic mass is 35.5. The normalized spacial score (nSPS) is 15.9. The Morgan fingerprint density at radius 3 is 2.76 bits per heavy atom. The van der Waals surface area contributed by atoms with Crippen molar-refractivity contribution in [2.45, 2.75) is 25.4 Å². The predicted molar refractivity (Wildman–Crippen MR) is 75.7 cm³/mol. The van der Waals surface area contributed by atoms with E-state index in [1.807, 2.05) is 0 Å². The number of aliphatic carboxylic acids is 1. The molecule has 1 heterocycles. The number of hydrogen-bond acceptors (Lipinski definition) is 5. The van der Waals surface area contributed by atoms with Gasteiger partial charge in [-0.05, 0) is 43.0 Å². The van der Waals surface area contributed by atoms with Crippen molar-refractivity contribution in [3.63, 3.8) is 0 Å². The second-order valence-electron chi connectivity index (χ2n) is 5.06. The first-order chi connectivity index (χ1) is 10.1. The maximum Gasteiger partial charge on any atom is 0.320 e. The zero-order chi connectivity index (χ0) is 14.8. The highest BCUT2D eigenvalue weighted by Gasteiger charge is 2.36. The van der Waals surface area contributed by atoms with Crippen molar-refractivity contribution < 1.29 is 14.4 Å². The molecule has 1 unspecified atom stereocenters. The van der Waals surface area contributed by atoms with Gasteiger partial charge in [0.25, 0.3) is 5.89 Å². The van der Waals surface area contributed by atoms with Gasteiger partial charge in [0.2, 0.25) is 0 Å². The van der Waals surface area contributed by atoms with Crippen LogP contribution < -0.4 is 5.32 Å². The van der Waals surface area contributed by atoms with Crippen molar-refractivity contribution in [1.82, 2.24) is 15.5 Å². The fraction of sp³-hybridized carbons (Fsp3) is 0.357. The van der Waals surface area contributed by atoms with E-state index in [2.05, 4.69) is 15.5 Å². The van der Waals surface area contributed by atoms with Crippen LogP contribution in [0.5, 0.6) is 0 Å². The maximum atomic E-state index is 11.1. The Kier molecular flexibility index (Phi) is 3.90. The molecule has 1 atom stereocenters. The van der Waals surface area contributed by atoms with Crippen molar-refractivity contribution in [3.05, 3.63) is 35.1 Å². The van der Waals surface area contributed by atoms with Crippen LogP contribution in [0.4, 0.5) is 0 Å². The lowest BCUT2D eigenvalue weighted by molar-refractivity contribution is -0.140. The zero-order valence-electron chi connectivity index (χ0n) is 11.1. The van der Waals surface area contributed by atoms with E-state index in [-0.39, 0.29) is 12.5 Å². The van der Waals surface area contributed by atoms with Crippen LogP contribution in [0.2, 0.25) is 5.02 Å². The van der Waals surface area contributed by atoms with Crippen molar-refractivity contribution in [3.8, 4) is 11.5 Å². The van der Waals surface area contributed by atoms with Gasteiger partial charge in [-0.2, -0.15) is 4.98 Å². The van der Waals surface area contributed by atoms with E-state index < -0.39 is 12.0 Å². The summed E-state index contributed by atoms with van der Waals surface area (Å²) in [5.41, 5.74) is 0.773. The molecule has 1 fully saturated rings. The lowest BCUT2D eigenvalue weighted by Crippen LogP contribution is -2.38. The van der Waals surface area contributed by atoms with Gasteiger partial charge in [-0.3, -0.25) is 10.1 Å². The van der Waals surface area contributed by atoms with Crippen LogP contribution in [0, 0.1) is 5.92 Å². The summed E-state index contributed by atoms with van der Waals surface area (Å²) in [5, 5.41) is 16.6. The van der Waals surface area contributed by atoms with Gasteiger partial charge in [-0.1, -0.05) is 16.8 Å². The Balaban J connectivity index is 1.64. The second kappa shape index (κ2) is 5.83. The number of aromatic nitrogens is 2. The molecule has 1 aromatic carbocycles. The Morgan fingerprint density at radius 1 is 1.43 bits per heavy atom. The number of nitrogens with zero attached hydrogens (tertiary/aromatic N) is 2. The summed E-state index contributed by atoms with van der Waals surface area (Å²) in [7, 11) is 0. The van der Waals surface area contributed by atoms with Crippen LogP contribution in [0.3, 0.4) is 0 Å². The third-order valence-electron chi connectivity index (χ3n) is 3.40. The molecule has 6 nitrogen and oxygen atoms in total. The predicted octanol–water partition coefficient (Wildman–Crippen LogP) is 2.34. The van der Waals surface area contributed by atoms with E-state index in [0.717, 1.165) is 18.4 Å². The molecule has 1 aromatic heterocycles. The summed E-state index contributed by atoms with van der Waals surface area (Å²) in [5.74, 6) is 0.206. The van der Waals surface area contributed by atoms with Crippen LogP contribution in [-0.4, -0.2) is 27.3 Å². The van der Waals surface area contributed by atoms with Gasteiger partial charge in [-0.15, -0.1) is 0 Å². The van der Waals surface area contributed by atoms with Gasteiger partial charge in [0.05, 0.1) is 6.54 Å². The monoisotopic (exact) mass is 307 g/mol. The van der Waals surface area contributed by atoms with Gasteiger partial charge in [0, 0.05) is 10.6 Å². The molecule has 21 heavy (non-hydrogen) atoms. The molecule has 7 heteroatoms. The number of carbonyl (C=O) groups is 1. The molecule has 0 aliphatic heterocycles. The fourth-order valence-electron chi connectivity index (χ4n) is 2.12. The highest BCUT2D eigenvalue weighted by Crippen LogP contribution is 2.32. The summed E-state index contributed by atoms with van der Waals surface area (Å²) in [6, 6.07) is 6.52. The summed E-state index contributed by atoms with van der Waals surface area (Å²) in [4.78, 5) is 15.4. The van der Waals surface area contributed by atoms with Crippen LogP contribution >= 0.6 is 11.6 Å². The molecule has 2 N–H and O–H groups in total. The van der Waals surface area contributed by atoms with Crippen molar-refractivity contribution >= 4 is 17.6 Å². The number of halogens is 1. The van der Waals surface area contributed by atoms with Gasteiger partial charge in [-0.25, -0.2) is 0 Å². The molecule has 1 aliphatic carbocycles. The Labute approximate surface area is 126 Å². The summed E-state index contributed by atoms with van der Waals surface area (Å²) < 4.78 is 5.17. The number of carboxylic acid groups (broad SMARTS) is 1. The fourth-order valence-corrected chi connectivity index (χ4v) is 2.25. The highest BCUT2D eigenvalue weighted by molar-refractivity contribution is 6.30.